The van der Waals surface area contributed by atoms with Gasteiger partial charge in [-0.25, -0.2) is 9.67 Å². The molecule has 0 bridgehead atoms. The third-order valence-corrected chi connectivity index (χ3v) is 6.28. The number of rotatable bonds is 5. The number of benzene rings is 2. The summed E-state index contributed by atoms with van der Waals surface area (Å²) in [6.07, 6.45) is 4.23. The maximum absolute atomic E-state index is 4.72. The van der Waals surface area contributed by atoms with E-state index in [1.165, 1.54) is 29.5 Å². The first-order valence-corrected chi connectivity index (χ1v) is 11.2. The molecule has 0 radical (unpaired) electrons. The summed E-state index contributed by atoms with van der Waals surface area (Å²) in [5, 5.41) is 15.8. The van der Waals surface area contributed by atoms with Gasteiger partial charge >= 0.3 is 0 Å². The highest BCUT2D eigenvalue weighted by Crippen LogP contribution is 2.29. The second-order valence-corrected chi connectivity index (χ2v) is 8.57. The predicted octanol–water partition coefficient (Wildman–Crippen LogP) is 4.93. The Balaban J connectivity index is 1.36. The van der Waals surface area contributed by atoms with Gasteiger partial charge in [-0.05, 0) is 74.5 Å². The van der Waals surface area contributed by atoms with Crippen LogP contribution in [-0.2, 0) is 7.05 Å². The number of hydrogen-bond acceptors (Lipinski definition) is 6. The molecular weight excluding hydrogens is 398 g/mol. The van der Waals surface area contributed by atoms with E-state index >= 15 is 0 Å². The molecule has 4 aromatic rings. The summed E-state index contributed by atoms with van der Waals surface area (Å²) in [6.45, 7) is 6.39. The summed E-state index contributed by atoms with van der Waals surface area (Å²) in [7, 11) is 1.91. The third-order valence-electron chi connectivity index (χ3n) is 6.28. The lowest BCUT2D eigenvalue weighted by atomic mass is 9.90. The van der Waals surface area contributed by atoms with Gasteiger partial charge in [0, 0.05) is 24.6 Å². The van der Waals surface area contributed by atoms with Crippen LogP contribution in [0.15, 0.2) is 48.7 Å². The molecule has 1 fully saturated rings. The van der Waals surface area contributed by atoms with Crippen LogP contribution in [0.2, 0.25) is 0 Å². The monoisotopic (exact) mass is 427 g/mol. The summed E-state index contributed by atoms with van der Waals surface area (Å²) >= 11 is 0. The molecule has 3 N–H and O–H groups in total. The number of fused-ring (bicyclic) bond motifs is 1. The first-order valence-electron chi connectivity index (χ1n) is 11.2. The zero-order valence-electron chi connectivity index (χ0n) is 18.8. The van der Waals surface area contributed by atoms with Gasteiger partial charge in [-0.1, -0.05) is 30.3 Å². The molecule has 2 aromatic carbocycles. The molecule has 7 heteroatoms. The molecule has 1 saturated heterocycles. The van der Waals surface area contributed by atoms with Gasteiger partial charge in [0.15, 0.2) is 11.5 Å². The van der Waals surface area contributed by atoms with Crippen LogP contribution in [0.1, 0.15) is 35.4 Å². The smallest absolute Gasteiger partial charge is 0.229 e. The molecule has 3 heterocycles. The molecule has 7 nitrogen and oxygen atoms in total. The van der Waals surface area contributed by atoms with E-state index in [9.17, 15) is 0 Å². The van der Waals surface area contributed by atoms with E-state index in [-0.39, 0.29) is 0 Å². The fourth-order valence-corrected chi connectivity index (χ4v) is 4.44. The number of para-hydroxylation sites is 1. The van der Waals surface area contributed by atoms with Gasteiger partial charge in [0.05, 0.1) is 5.39 Å². The Morgan fingerprint density at radius 3 is 2.41 bits per heavy atom. The molecule has 0 aliphatic carbocycles. The summed E-state index contributed by atoms with van der Waals surface area (Å²) < 4.78 is 1.79. The van der Waals surface area contributed by atoms with E-state index in [1.807, 2.05) is 13.2 Å². The topological polar surface area (TPSA) is 79.7 Å². The number of aromatic nitrogens is 4. The summed E-state index contributed by atoms with van der Waals surface area (Å²) in [4.78, 5) is 9.27. The van der Waals surface area contributed by atoms with Crippen LogP contribution in [0.5, 0.6) is 0 Å². The quantitative estimate of drug-likeness (QED) is 0.419. The Kier molecular flexibility index (Phi) is 5.49. The largest absolute Gasteiger partial charge is 0.338 e. The number of nitrogens with one attached hydrogen (secondary N) is 3. The molecule has 1 aliphatic rings. The average molecular weight is 428 g/mol. The van der Waals surface area contributed by atoms with E-state index < -0.39 is 0 Å². The van der Waals surface area contributed by atoms with Crippen LogP contribution in [0, 0.1) is 13.8 Å². The van der Waals surface area contributed by atoms with Crippen LogP contribution in [0.4, 0.5) is 23.1 Å². The van der Waals surface area contributed by atoms with Gasteiger partial charge in [-0.3, -0.25) is 0 Å². The summed E-state index contributed by atoms with van der Waals surface area (Å²) in [6, 6.07) is 14.9. The fourth-order valence-electron chi connectivity index (χ4n) is 4.44. The van der Waals surface area contributed by atoms with Crippen LogP contribution < -0.4 is 16.0 Å². The Labute approximate surface area is 188 Å². The molecular formula is C25H29N7. The van der Waals surface area contributed by atoms with Crippen molar-refractivity contribution in [3.8, 4) is 0 Å². The normalized spacial score (nSPS) is 14.6. The van der Waals surface area contributed by atoms with Crippen molar-refractivity contribution >= 4 is 34.2 Å². The standard InChI is InChI=1S/C25H29N7/c1-16-5-4-6-17(2)22(16)29-23-21-15-27-25(30-24(21)32(3)31-23)28-20-9-7-18(8-10-20)19-11-13-26-14-12-19/h4-10,15,19,26H,11-14H2,1-3H3,(H,29,31)(H,27,28,30). The van der Waals surface area contributed by atoms with Gasteiger partial charge in [0.1, 0.15) is 0 Å². The fraction of sp³-hybridized carbons (Fsp3) is 0.320. The van der Waals surface area contributed by atoms with Crippen molar-refractivity contribution in [2.24, 2.45) is 7.05 Å². The third kappa shape index (κ3) is 4.03. The molecule has 0 atom stereocenters. The Morgan fingerprint density at radius 2 is 1.69 bits per heavy atom. The van der Waals surface area contributed by atoms with E-state index in [2.05, 4.69) is 82.3 Å². The Morgan fingerprint density at radius 1 is 0.969 bits per heavy atom. The van der Waals surface area contributed by atoms with Crippen LogP contribution in [0.25, 0.3) is 11.0 Å². The van der Waals surface area contributed by atoms with Crippen molar-refractivity contribution in [3.63, 3.8) is 0 Å². The second-order valence-electron chi connectivity index (χ2n) is 8.57. The number of hydrogen-bond donors (Lipinski definition) is 3. The molecule has 32 heavy (non-hydrogen) atoms. The Hall–Kier alpha value is -3.45. The minimum atomic E-state index is 0.564. The van der Waals surface area contributed by atoms with Crippen LogP contribution in [-0.4, -0.2) is 32.8 Å². The van der Waals surface area contributed by atoms with E-state index in [0.717, 1.165) is 41.3 Å². The zero-order chi connectivity index (χ0) is 22.1. The molecule has 1 aliphatic heterocycles. The molecule has 0 amide bonds. The second kappa shape index (κ2) is 8.59. The highest BCUT2D eigenvalue weighted by atomic mass is 15.3. The van der Waals surface area contributed by atoms with E-state index in [0.29, 0.717) is 11.9 Å². The van der Waals surface area contributed by atoms with Crippen molar-refractivity contribution in [2.45, 2.75) is 32.6 Å². The van der Waals surface area contributed by atoms with E-state index in [4.69, 9.17) is 4.98 Å². The molecule has 5 rings (SSSR count). The highest BCUT2D eigenvalue weighted by Gasteiger charge is 2.16. The van der Waals surface area contributed by atoms with Crippen molar-refractivity contribution in [1.29, 1.82) is 0 Å². The number of aryl methyl sites for hydroxylation is 3. The summed E-state index contributed by atoms with van der Waals surface area (Å²) in [5.41, 5.74) is 6.60. The molecule has 0 saturated carbocycles. The van der Waals surface area contributed by atoms with Gasteiger partial charge in [-0.15, -0.1) is 0 Å². The molecule has 164 valence electrons. The van der Waals surface area contributed by atoms with Gasteiger partial charge in [-0.2, -0.15) is 10.1 Å². The Bertz CT molecular complexity index is 1220. The van der Waals surface area contributed by atoms with Crippen molar-refractivity contribution < 1.29 is 0 Å². The maximum atomic E-state index is 4.72. The lowest BCUT2D eigenvalue weighted by Crippen LogP contribution is -2.26. The minimum Gasteiger partial charge on any atom is -0.338 e. The van der Waals surface area contributed by atoms with Crippen LogP contribution in [0.3, 0.4) is 0 Å². The van der Waals surface area contributed by atoms with Crippen molar-refractivity contribution in [2.75, 3.05) is 23.7 Å². The first kappa shape index (κ1) is 20.5. The van der Waals surface area contributed by atoms with Gasteiger partial charge in [0.2, 0.25) is 5.95 Å². The SMILES string of the molecule is Cc1cccc(C)c1Nc1nn(C)c2nc(Nc3ccc(C4CCNCC4)cc3)ncc12. The van der Waals surface area contributed by atoms with Gasteiger partial charge in [0.25, 0.3) is 0 Å². The van der Waals surface area contributed by atoms with Crippen LogP contribution >= 0.6 is 0 Å². The number of anilines is 4. The number of nitrogens with zero attached hydrogens (tertiary/aromatic N) is 4. The van der Waals surface area contributed by atoms with Gasteiger partial charge < -0.3 is 16.0 Å². The average Bonchev–Trinajstić information content (AvgIpc) is 3.12. The maximum Gasteiger partial charge on any atom is 0.229 e. The lowest BCUT2D eigenvalue weighted by Gasteiger charge is -2.23. The lowest BCUT2D eigenvalue weighted by molar-refractivity contribution is 0.460. The zero-order valence-corrected chi connectivity index (χ0v) is 18.8. The minimum absolute atomic E-state index is 0.564. The first-order chi connectivity index (χ1) is 15.6. The highest BCUT2D eigenvalue weighted by molar-refractivity contribution is 5.90. The molecule has 0 unspecified atom stereocenters. The molecule has 2 aromatic heterocycles. The van der Waals surface area contributed by atoms with Crippen molar-refractivity contribution in [1.82, 2.24) is 25.1 Å². The number of piperidine rings is 1. The van der Waals surface area contributed by atoms with Crippen molar-refractivity contribution in [3.05, 3.63) is 65.4 Å². The summed E-state index contributed by atoms with van der Waals surface area (Å²) in [5.74, 6) is 1.97. The molecule has 0 spiro atoms. The predicted molar refractivity (Wildman–Crippen MR) is 130 cm³/mol. The van der Waals surface area contributed by atoms with E-state index in [1.54, 1.807) is 4.68 Å².